The topological polar surface area (TPSA) is 29.1 Å². The van der Waals surface area contributed by atoms with Crippen LogP contribution in [-0.2, 0) is 4.79 Å². The molecule has 1 saturated carbocycles. The Bertz CT molecular complexity index is 472. The van der Waals surface area contributed by atoms with E-state index in [1.54, 1.807) is 6.07 Å². The van der Waals surface area contributed by atoms with Gasteiger partial charge in [-0.2, -0.15) is 0 Å². The molecule has 3 heteroatoms. The number of hydrogen-bond donors (Lipinski definition) is 1. The zero-order valence-corrected chi connectivity index (χ0v) is 13.3. The number of hydrogen-bond acceptors (Lipinski definition) is 1. The number of anilines is 1. The van der Waals surface area contributed by atoms with Gasteiger partial charge in [-0.3, -0.25) is 4.79 Å². The summed E-state index contributed by atoms with van der Waals surface area (Å²) in [5.74, 6) is 1.89. The molecule has 0 spiro atoms. The minimum atomic E-state index is 0.107. The second-order valence-corrected chi connectivity index (χ2v) is 6.81. The van der Waals surface area contributed by atoms with Gasteiger partial charge in [0, 0.05) is 5.92 Å². The predicted octanol–water partition coefficient (Wildman–Crippen LogP) is 4.99. The summed E-state index contributed by atoms with van der Waals surface area (Å²) in [6.45, 7) is 6.68. The van der Waals surface area contributed by atoms with Crippen molar-refractivity contribution in [3.63, 3.8) is 0 Å². The zero-order valence-electron chi connectivity index (χ0n) is 12.5. The maximum atomic E-state index is 12.6. The molecule has 1 aromatic carbocycles. The number of halogens is 1. The summed E-state index contributed by atoms with van der Waals surface area (Å²) in [4.78, 5) is 12.6. The summed E-state index contributed by atoms with van der Waals surface area (Å²) in [7, 11) is 0. The monoisotopic (exact) mass is 293 g/mol. The van der Waals surface area contributed by atoms with Gasteiger partial charge in [0.05, 0.1) is 10.7 Å². The van der Waals surface area contributed by atoms with Crippen molar-refractivity contribution in [2.24, 2.45) is 23.7 Å². The quantitative estimate of drug-likeness (QED) is 0.836. The van der Waals surface area contributed by atoms with Gasteiger partial charge in [-0.25, -0.2) is 0 Å². The van der Waals surface area contributed by atoms with Crippen LogP contribution in [0.3, 0.4) is 0 Å². The molecular formula is C17H24ClNO. The highest BCUT2D eigenvalue weighted by molar-refractivity contribution is 6.33. The largest absolute Gasteiger partial charge is 0.325 e. The minimum absolute atomic E-state index is 0.107. The first-order valence-corrected chi connectivity index (χ1v) is 7.92. The lowest BCUT2D eigenvalue weighted by atomic mass is 9.70. The molecule has 2 rings (SSSR count). The Labute approximate surface area is 126 Å². The molecule has 1 amide bonds. The summed E-state index contributed by atoms with van der Waals surface area (Å²) in [6, 6.07) is 7.43. The van der Waals surface area contributed by atoms with Gasteiger partial charge in [0.15, 0.2) is 0 Å². The van der Waals surface area contributed by atoms with Crippen LogP contribution in [0.1, 0.15) is 40.0 Å². The normalized spacial score (nSPS) is 26.6. The average Bonchev–Trinajstić information content (AvgIpc) is 2.40. The molecule has 0 heterocycles. The maximum absolute atomic E-state index is 12.6. The van der Waals surface area contributed by atoms with Crippen LogP contribution in [0.2, 0.25) is 5.02 Å². The molecule has 0 bridgehead atoms. The van der Waals surface area contributed by atoms with Crippen LogP contribution in [0.15, 0.2) is 24.3 Å². The highest BCUT2D eigenvalue weighted by Gasteiger charge is 2.35. The van der Waals surface area contributed by atoms with Crippen molar-refractivity contribution >= 4 is 23.2 Å². The van der Waals surface area contributed by atoms with Crippen LogP contribution in [0.4, 0.5) is 5.69 Å². The summed E-state index contributed by atoms with van der Waals surface area (Å²) >= 11 is 6.12. The average molecular weight is 294 g/mol. The maximum Gasteiger partial charge on any atom is 0.227 e. The molecule has 2 nitrogen and oxygen atoms in total. The van der Waals surface area contributed by atoms with Crippen LogP contribution < -0.4 is 5.32 Å². The van der Waals surface area contributed by atoms with Crippen molar-refractivity contribution in [2.75, 3.05) is 5.32 Å². The van der Waals surface area contributed by atoms with Crippen LogP contribution >= 0.6 is 11.6 Å². The number of nitrogens with one attached hydrogen (secondary N) is 1. The van der Waals surface area contributed by atoms with Gasteiger partial charge in [-0.05, 0) is 42.7 Å². The Balaban J connectivity index is 2.11. The number of benzene rings is 1. The highest BCUT2D eigenvalue weighted by Crippen LogP contribution is 2.38. The lowest BCUT2D eigenvalue weighted by Crippen LogP contribution is -2.36. The Morgan fingerprint density at radius 3 is 2.65 bits per heavy atom. The van der Waals surface area contributed by atoms with Crippen molar-refractivity contribution < 1.29 is 4.79 Å². The summed E-state index contributed by atoms with van der Waals surface area (Å²) in [5, 5.41) is 3.62. The molecule has 1 aliphatic carbocycles. The van der Waals surface area contributed by atoms with Gasteiger partial charge in [0.25, 0.3) is 0 Å². The second kappa shape index (κ2) is 6.62. The van der Waals surface area contributed by atoms with Crippen molar-refractivity contribution in [1.29, 1.82) is 0 Å². The third-order valence-corrected chi connectivity index (χ3v) is 4.82. The smallest absolute Gasteiger partial charge is 0.227 e. The van der Waals surface area contributed by atoms with Crippen molar-refractivity contribution in [3.05, 3.63) is 29.3 Å². The van der Waals surface area contributed by atoms with Crippen LogP contribution in [0, 0.1) is 23.7 Å². The lowest BCUT2D eigenvalue weighted by molar-refractivity contribution is -0.123. The fourth-order valence-electron chi connectivity index (χ4n) is 3.29. The first-order chi connectivity index (χ1) is 9.49. The molecular weight excluding hydrogens is 270 g/mol. The van der Waals surface area contributed by atoms with Gasteiger partial charge < -0.3 is 5.32 Å². The van der Waals surface area contributed by atoms with E-state index in [0.29, 0.717) is 22.8 Å². The minimum Gasteiger partial charge on any atom is -0.325 e. The standard InChI is InChI=1S/C17H24ClNO/c1-11(2)13-9-8-12(3)10-14(13)17(20)19-16-7-5-4-6-15(16)18/h4-7,11-14H,8-10H2,1-3H3,(H,19,20)/t12-,13+,14-/m1/s1. The Hall–Kier alpha value is -1.02. The number of rotatable bonds is 3. The zero-order chi connectivity index (χ0) is 14.7. The lowest BCUT2D eigenvalue weighted by Gasteiger charge is -2.36. The number of carbonyl (C=O) groups excluding carboxylic acids is 1. The number of amides is 1. The first kappa shape index (κ1) is 15.4. The van der Waals surface area contributed by atoms with E-state index in [0.717, 1.165) is 18.5 Å². The van der Waals surface area contributed by atoms with E-state index in [4.69, 9.17) is 11.6 Å². The first-order valence-electron chi connectivity index (χ1n) is 7.54. The van der Waals surface area contributed by atoms with E-state index in [2.05, 4.69) is 26.1 Å². The Kier molecular flexibility index (Phi) is 5.09. The third-order valence-electron chi connectivity index (χ3n) is 4.49. The van der Waals surface area contributed by atoms with Gasteiger partial charge in [-0.15, -0.1) is 0 Å². The second-order valence-electron chi connectivity index (χ2n) is 6.40. The fourth-order valence-corrected chi connectivity index (χ4v) is 3.47. The molecule has 1 N–H and O–H groups in total. The molecule has 3 atom stereocenters. The van der Waals surface area contributed by atoms with E-state index in [-0.39, 0.29) is 11.8 Å². The highest BCUT2D eigenvalue weighted by atomic mass is 35.5. The molecule has 1 aliphatic rings. The van der Waals surface area contributed by atoms with Crippen LogP contribution in [-0.4, -0.2) is 5.91 Å². The summed E-state index contributed by atoms with van der Waals surface area (Å²) < 4.78 is 0. The molecule has 1 fully saturated rings. The molecule has 0 radical (unpaired) electrons. The van der Waals surface area contributed by atoms with E-state index < -0.39 is 0 Å². The van der Waals surface area contributed by atoms with Crippen LogP contribution in [0.5, 0.6) is 0 Å². The molecule has 20 heavy (non-hydrogen) atoms. The van der Waals surface area contributed by atoms with E-state index >= 15 is 0 Å². The molecule has 0 unspecified atom stereocenters. The SMILES string of the molecule is CC(C)[C@@H]1CC[C@@H](C)C[C@H]1C(=O)Nc1ccccc1Cl. The van der Waals surface area contributed by atoms with Crippen LogP contribution in [0.25, 0.3) is 0 Å². The molecule has 0 aromatic heterocycles. The summed E-state index contributed by atoms with van der Waals surface area (Å²) in [5.41, 5.74) is 0.722. The Morgan fingerprint density at radius 2 is 2.00 bits per heavy atom. The van der Waals surface area contributed by atoms with Crippen molar-refractivity contribution in [3.8, 4) is 0 Å². The summed E-state index contributed by atoms with van der Waals surface area (Å²) in [6.07, 6.45) is 3.37. The third kappa shape index (κ3) is 3.54. The van der Waals surface area contributed by atoms with Gasteiger partial charge in [0.1, 0.15) is 0 Å². The molecule has 1 aromatic rings. The van der Waals surface area contributed by atoms with Gasteiger partial charge >= 0.3 is 0 Å². The van der Waals surface area contributed by atoms with E-state index in [1.807, 2.05) is 18.2 Å². The molecule has 110 valence electrons. The van der Waals surface area contributed by atoms with Gasteiger partial charge in [0.2, 0.25) is 5.91 Å². The predicted molar refractivity (Wildman–Crippen MR) is 84.9 cm³/mol. The van der Waals surface area contributed by atoms with Crippen molar-refractivity contribution in [1.82, 2.24) is 0 Å². The Morgan fingerprint density at radius 1 is 1.30 bits per heavy atom. The van der Waals surface area contributed by atoms with E-state index in [9.17, 15) is 4.79 Å². The van der Waals surface area contributed by atoms with E-state index in [1.165, 1.54) is 6.42 Å². The fraction of sp³-hybridized carbons (Fsp3) is 0.588. The van der Waals surface area contributed by atoms with Crippen molar-refractivity contribution in [2.45, 2.75) is 40.0 Å². The molecule has 0 saturated heterocycles. The molecule has 0 aliphatic heterocycles. The number of carbonyl (C=O) groups is 1. The van der Waals surface area contributed by atoms with Gasteiger partial charge in [-0.1, -0.05) is 50.9 Å². The number of para-hydroxylation sites is 1.